The van der Waals surface area contributed by atoms with Crippen LogP contribution in [-0.2, 0) is 0 Å². The first-order valence-electron chi connectivity index (χ1n) is 5.26. The molecule has 2 nitrogen and oxygen atoms in total. The maximum Gasteiger partial charge on any atom is 0.193 e. The number of allylic oxidation sites excluding steroid dienone is 2. The molecule has 15 heavy (non-hydrogen) atoms. The number of carbonyl (C=O) groups excluding carboxylic acids is 1. The number of hydrogen-bond donors (Lipinski definition) is 0. The van der Waals surface area contributed by atoms with Crippen LogP contribution in [0.2, 0.25) is 0 Å². The minimum absolute atomic E-state index is 0.109. The van der Waals surface area contributed by atoms with Gasteiger partial charge < -0.3 is 4.42 Å². The molecule has 0 aliphatic heterocycles. The van der Waals surface area contributed by atoms with Crippen LogP contribution in [-0.4, -0.2) is 5.78 Å². The molecule has 0 fully saturated rings. The minimum Gasteiger partial charge on any atom is -0.457 e. The number of carbonyl (C=O) groups is 1. The second-order valence-corrected chi connectivity index (χ2v) is 4.49. The third-order valence-electron chi connectivity index (χ3n) is 2.70. The number of ketones is 1. The van der Waals surface area contributed by atoms with Gasteiger partial charge in [0.15, 0.2) is 10.5 Å². The van der Waals surface area contributed by atoms with Crippen LogP contribution in [0.4, 0.5) is 0 Å². The van der Waals surface area contributed by atoms with Crippen molar-refractivity contribution in [3.8, 4) is 0 Å². The summed E-state index contributed by atoms with van der Waals surface area (Å²) in [5, 5.41) is 0. The fourth-order valence-corrected chi connectivity index (χ4v) is 2.27. The zero-order chi connectivity index (χ0) is 10.7. The van der Waals surface area contributed by atoms with E-state index >= 15 is 0 Å². The first-order chi connectivity index (χ1) is 7.29. The van der Waals surface area contributed by atoms with E-state index in [2.05, 4.69) is 22.0 Å². The van der Waals surface area contributed by atoms with E-state index in [0.29, 0.717) is 10.2 Å². The Morgan fingerprint density at radius 1 is 1.33 bits per heavy atom. The topological polar surface area (TPSA) is 30.2 Å². The highest BCUT2D eigenvalue weighted by molar-refractivity contribution is 9.10. The summed E-state index contributed by atoms with van der Waals surface area (Å²) in [6.07, 6.45) is 9.08. The van der Waals surface area contributed by atoms with E-state index in [1.165, 1.54) is 19.1 Å². The molecule has 1 heterocycles. The Balaban J connectivity index is 2.20. The van der Waals surface area contributed by atoms with Crippen LogP contribution in [0.15, 0.2) is 33.1 Å². The molecule has 0 aromatic carbocycles. The number of rotatable bonds is 2. The van der Waals surface area contributed by atoms with Gasteiger partial charge in [0.1, 0.15) is 0 Å². The summed E-state index contributed by atoms with van der Waals surface area (Å²) >= 11 is 3.24. The Bertz CT molecular complexity index is 390. The highest BCUT2D eigenvalue weighted by Gasteiger charge is 2.17. The smallest absolute Gasteiger partial charge is 0.193 e. The van der Waals surface area contributed by atoms with Crippen molar-refractivity contribution in [3.05, 3.63) is 34.2 Å². The average molecular weight is 269 g/mol. The van der Waals surface area contributed by atoms with Crippen LogP contribution in [0.25, 0.3) is 0 Å². The molecule has 0 bridgehead atoms. The van der Waals surface area contributed by atoms with E-state index < -0.39 is 0 Å². The lowest BCUT2D eigenvalue weighted by molar-refractivity contribution is 0.102. The molecule has 0 radical (unpaired) electrons. The quantitative estimate of drug-likeness (QED) is 0.756. The Hall–Kier alpha value is -0.830. The van der Waals surface area contributed by atoms with Crippen molar-refractivity contribution in [1.29, 1.82) is 0 Å². The first kappa shape index (κ1) is 10.7. The Labute approximate surface area is 97.5 Å². The lowest BCUT2D eigenvalue weighted by atomic mass is 10.0. The van der Waals surface area contributed by atoms with Crippen LogP contribution in [0, 0.1) is 0 Å². The maximum atomic E-state index is 12.1. The fourth-order valence-electron chi connectivity index (χ4n) is 1.85. The summed E-state index contributed by atoms with van der Waals surface area (Å²) in [7, 11) is 0. The van der Waals surface area contributed by atoms with E-state index in [9.17, 15) is 4.79 Å². The molecule has 0 unspecified atom stereocenters. The van der Waals surface area contributed by atoms with E-state index in [1.807, 2.05) is 0 Å². The van der Waals surface area contributed by atoms with Gasteiger partial charge in [-0.05, 0) is 53.3 Å². The summed E-state index contributed by atoms with van der Waals surface area (Å²) < 4.78 is 5.62. The molecular formula is C12H13BrO2. The lowest BCUT2D eigenvalue weighted by Gasteiger charge is -2.02. The fraction of sp³-hybridized carbons (Fsp3) is 0.417. The molecule has 2 rings (SSSR count). The Morgan fingerprint density at radius 3 is 2.93 bits per heavy atom. The van der Waals surface area contributed by atoms with Gasteiger partial charge in [0.25, 0.3) is 0 Å². The zero-order valence-electron chi connectivity index (χ0n) is 8.46. The molecule has 80 valence electrons. The Morgan fingerprint density at radius 2 is 2.20 bits per heavy atom. The Kier molecular flexibility index (Phi) is 3.41. The lowest BCUT2D eigenvalue weighted by Crippen LogP contribution is -2.02. The van der Waals surface area contributed by atoms with Crippen LogP contribution in [0.3, 0.4) is 0 Å². The van der Waals surface area contributed by atoms with E-state index in [-0.39, 0.29) is 5.78 Å². The van der Waals surface area contributed by atoms with Crippen LogP contribution in [0.1, 0.15) is 42.5 Å². The molecule has 0 spiro atoms. The second-order valence-electron chi connectivity index (χ2n) is 3.77. The number of furan rings is 1. The first-order valence-corrected chi connectivity index (χ1v) is 6.05. The number of hydrogen-bond acceptors (Lipinski definition) is 2. The van der Waals surface area contributed by atoms with Crippen LogP contribution < -0.4 is 0 Å². The van der Waals surface area contributed by atoms with Crippen molar-refractivity contribution in [2.24, 2.45) is 0 Å². The zero-order valence-corrected chi connectivity index (χ0v) is 10.0. The van der Waals surface area contributed by atoms with Gasteiger partial charge in [-0.1, -0.05) is 12.5 Å². The molecule has 3 heteroatoms. The largest absolute Gasteiger partial charge is 0.457 e. The molecule has 0 atom stereocenters. The highest BCUT2D eigenvalue weighted by Crippen LogP contribution is 2.25. The van der Waals surface area contributed by atoms with Crippen molar-refractivity contribution in [1.82, 2.24) is 0 Å². The molecule has 0 amide bonds. The molecule has 0 saturated carbocycles. The van der Waals surface area contributed by atoms with Gasteiger partial charge in [0.05, 0.1) is 11.8 Å². The summed E-state index contributed by atoms with van der Waals surface area (Å²) in [6.45, 7) is 0. The predicted molar refractivity (Wildman–Crippen MR) is 61.9 cm³/mol. The standard InChI is InChI=1S/C12H13BrO2/c13-12-10(7-8-15-12)11(14)9-5-3-1-2-4-6-9/h5,7-8H,1-4,6H2. The molecule has 1 aliphatic carbocycles. The predicted octanol–water partition coefficient (Wildman–Crippen LogP) is 4.12. The van der Waals surface area contributed by atoms with Gasteiger partial charge in [-0.25, -0.2) is 0 Å². The molecule has 0 N–H and O–H groups in total. The monoisotopic (exact) mass is 268 g/mol. The molecule has 0 saturated heterocycles. The number of halogens is 1. The van der Waals surface area contributed by atoms with Crippen LogP contribution in [0.5, 0.6) is 0 Å². The van der Waals surface area contributed by atoms with Gasteiger partial charge in [-0.3, -0.25) is 4.79 Å². The summed E-state index contributed by atoms with van der Waals surface area (Å²) in [6, 6.07) is 1.72. The minimum atomic E-state index is 0.109. The van der Waals surface area contributed by atoms with Crippen molar-refractivity contribution < 1.29 is 9.21 Å². The average Bonchev–Trinajstić information content (AvgIpc) is 2.53. The van der Waals surface area contributed by atoms with Crippen molar-refractivity contribution in [2.75, 3.05) is 0 Å². The summed E-state index contributed by atoms with van der Waals surface area (Å²) in [5.74, 6) is 0.109. The molecule has 1 aromatic heterocycles. The van der Waals surface area contributed by atoms with Gasteiger partial charge in [-0.2, -0.15) is 0 Å². The van der Waals surface area contributed by atoms with Crippen molar-refractivity contribution in [2.45, 2.75) is 32.1 Å². The molecule has 1 aliphatic rings. The van der Waals surface area contributed by atoms with Gasteiger partial charge in [-0.15, -0.1) is 0 Å². The van der Waals surface area contributed by atoms with Gasteiger partial charge in [0, 0.05) is 0 Å². The SMILES string of the molecule is O=C(C1=CCCCCC1)c1ccoc1Br. The van der Waals surface area contributed by atoms with Crippen LogP contribution >= 0.6 is 15.9 Å². The van der Waals surface area contributed by atoms with Gasteiger partial charge >= 0.3 is 0 Å². The second kappa shape index (κ2) is 4.79. The van der Waals surface area contributed by atoms with Crippen molar-refractivity contribution >= 4 is 21.7 Å². The third-order valence-corrected chi connectivity index (χ3v) is 3.31. The molecular weight excluding hydrogens is 256 g/mol. The highest BCUT2D eigenvalue weighted by atomic mass is 79.9. The maximum absolute atomic E-state index is 12.1. The normalized spacial score (nSPS) is 17.0. The number of Topliss-reactive ketones (excluding diaryl/α,β-unsaturated/α-hetero) is 1. The van der Waals surface area contributed by atoms with E-state index in [4.69, 9.17) is 4.42 Å². The van der Waals surface area contributed by atoms with Gasteiger partial charge in [0.2, 0.25) is 0 Å². The summed E-state index contributed by atoms with van der Waals surface area (Å²) in [5.41, 5.74) is 1.58. The molecule has 1 aromatic rings. The summed E-state index contributed by atoms with van der Waals surface area (Å²) in [4.78, 5) is 12.1. The third kappa shape index (κ3) is 2.40. The van der Waals surface area contributed by atoms with Crippen molar-refractivity contribution in [3.63, 3.8) is 0 Å². The van der Waals surface area contributed by atoms with E-state index in [0.717, 1.165) is 24.8 Å². The van der Waals surface area contributed by atoms with E-state index in [1.54, 1.807) is 6.07 Å².